The average Bonchev–Trinajstić information content (AvgIpc) is 3.10. The lowest BCUT2D eigenvalue weighted by Crippen LogP contribution is -2.38. The van der Waals surface area contributed by atoms with Crippen LogP contribution in [0.4, 0.5) is 0 Å². The molecule has 2 saturated heterocycles. The van der Waals surface area contributed by atoms with Crippen LogP contribution in [0.15, 0.2) is 0 Å². The monoisotopic (exact) mass is 394 g/mol. The van der Waals surface area contributed by atoms with Gasteiger partial charge in [-0.05, 0) is 6.42 Å². The van der Waals surface area contributed by atoms with Crippen LogP contribution in [0.25, 0.3) is 0 Å². The molecule has 8 atom stereocenters. The molecule has 27 heavy (non-hydrogen) atoms. The molecule has 5 N–H and O–H groups in total. The summed E-state index contributed by atoms with van der Waals surface area (Å²) in [5.74, 6) is 0. The van der Waals surface area contributed by atoms with E-state index < -0.39 is 55.8 Å². The number of hydrogen-bond donors (Lipinski definition) is 5. The van der Waals surface area contributed by atoms with Crippen molar-refractivity contribution in [2.75, 3.05) is 19.8 Å². The molecule has 2 aliphatic rings. The van der Waals surface area contributed by atoms with E-state index in [4.69, 9.17) is 24.1 Å². The Hall–Kier alpha value is -0.360. The Kier molecular flexibility index (Phi) is 9.85. The predicted molar refractivity (Wildman–Crippen MR) is 93.7 cm³/mol. The maximum Gasteiger partial charge on any atom is 0.186 e. The molecule has 0 aromatic heterocycles. The van der Waals surface area contributed by atoms with Crippen LogP contribution in [0, 0.1) is 0 Å². The molecule has 9 nitrogen and oxygen atoms in total. The number of ether oxygens (including phenoxy) is 4. The third kappa shape index (κ3) is 6.31. The SMILES string of the molecule is CCCCCCCCO[C@H]1O[C@H](CO[C@H]2O[C@H](CO)[C@@H](O)[C@@H]2O)[C@@H](O)[C@@H]1O. The van der Waals surface area contributed by atoms with Crippen LogP contribution in [0.2, 0.25) is 0 Å². The van der Waals surface area contributed by atoms with Crippen LogP contribution in [-0.2, 0) is 18.9 Å². The summed E-state index contributed by atoms with van der Waals surface area (Å²) in [6.45, 7) is 1.98. The Morgan fingerprint density at radius 1 is 0.704 bits per heavy atom. The minimum Gasteiger partial charge on any atom is -0.394 e. The summed E-state index contributed by atoms with van der Waals surface area (Å²) >= 11 is 0. The first kappa shape index (κ1) is 22.9. The summed E-state index contributed by atoms with van der Waals surface area (Å²) in [4.78, 5) is 0. The number of unbranched alkanes of at least 4 members (excludes halogenated alkanes) is 5. The fourth-order valence-electron chi connectivity index (χ4n) is 3.26. The van der Waals surface area contributed by atoms with Gasteiger partial charge in [-0.15, -0.1) is 0 Å². The molecule has 2 heterocycles. The zero-order chi connectivity index (χ0) is 19.8. The van der Waals surface area contributed by atoms with Gasteiger partial charge in [-0.1, -0.05) is 39.0 Å². The van der Waals surface area contributed by atoms with E-state index >= 15 is 0 Å². The van der Waals surface area contributed by atoms with Crippen molar-refractivity contribution >= 4 is 0 Å². The van der Waals surface area contributed by atoms with E-state index in [0.717, 1.165) is 19.3 Å². The van der Waals surface area contributed by atoms with E-state index in [-0.39, 0.29) is 6.61 Å². The third-order valence-electron chi connectivity index (χ3n) is 5.02. The van der Waals surface area contributed by atoms with Crippen LogP contribution in [0.3, 0.4) is 0 Å². The summed E-state index contributed by atoms with van der Waals surface area (Å²) in [7, 11) is 0. The molecule has 0 radical (unpaired) electrons. The van der Waals surface area contributed by atoms with Gasteiger partial charge in [0, 0.05) is 6.61 Å². The number of rotatable bonds is 12. The molecule has 0 amide bonds. The Morgan fingerprint density at radius 3 is 1.89 bits per heavy atom. The van der Waals surface area contributed by atoms with Gasteiger partial charge in [0.1, 0.15) is 36.6 Å². The number of aliphatic hydroxyl groups excluding tert-OH is 5. The van der Waals surface area contributed by atoms with Gasteiger partial charge in [0.15, 0.2) is 12.6 Å². The highest BCUT2D eigenvalue weighted by Crippen LogP contribution is 2.26. The van der Waals surface area contributed by atoms with Crippen molar-refractivity contribution in [1.29, 1.82) is 0 Å². The topological polar surface area (TPSA) is 138 Å². The van der Waals surface area contributed by atoms with Gasteiger partial charge in [-0.25, -0.2) is 0 Å². The molecule has 160 valence electrons. The summed E-state index contributed by atoms with van der Waals surface area (Å²) in [5, 5.41) is 48.7. The molecule has 0 saturated carbocycles. The highest BCUT2D eigenvalue weighted by Gasteiger charge is 2.46. The molecule has 0 unspecified atom stereocenters. The zero-order valence-corrected chi connectivity index (χ0v) is 15.9. The number of aliphatic hydroxyl groups is 5. The van der Waals surface area contributed by atoms with Gasteiger partial charge in [0.05, 0.1) is 13.2 Å². The van der Waals surface area contributed by atoms with Crippen LogP contribution in [0.1, 0.15) is 45.4 Å². The number of hydrogen-bond acceptors (Lipinski definition) is 9. The summed E-state index contributed by atoms with van der Waals surface area (Å²) in [6.07, 6.45) is -2.14. The van der Waals surface area contributed by atoms with Crippen molar-refractivity contribution in [3.05, 3.63) is 0 Å². The van der Waals surface area contributed by atoms with Crippen molar-refractivity contribution in [3.63, 3.8) is 0 Å². The minimum absolute atomic E-state index is 0.165. The first-order chi connectivity index (χ1) is 13.0. The summed E-state index contributed by atoms with van der Waals surface area (Å²) in [5.41, 5.74) is 0. The first-order valence-corrected chi connectivity index (χ1v) is 9.86. The molecule has 9 heteroatoms. The van der Waals surface area contributed by atoms with Crippen LogP contribution in [-0.4, -0.2) is 94.6 Å². The molecule has 0 spiro atoms. The lowest BCUT2D eigenvalue weighted by atomic mass is 10.1. The lowest BCUT2D eigenvalue weighted by molar-refractivity contribution is -0.206. The second-order valence-corrected chi connectivity index (χ2v) is 7.20. The van der Waals surface area contributed by atoms with Crippen molar-refractivity contribution in [3.8, 4) is 0 Å². The normalized spacial score (nSPS) is 39.3. The smallest absolute Gasteiger partial charge is 0.186 e. The Bertz CT molecular complexity index is 410. The predicted octanol–water partition coefficient (Wildman–Crippen LogP) is -0.734. The molecule has 2 aliphatic heterocycles. The zero-order valence-electron chi connectivity index (χ0n) is 15.9. The molecule has 2 rings (SSSR count). The van der Waals surface area contributed by atoms with Crippen molar-refractivity contribution < 1.29 is 44.5 Å². The van der Waals surface area contributed by atoms with Crippen LogP contribution in [0.5, 0.6) is 0 Å². The molecule has 0 aromatic rings. The van der Waals surface area contributed by atoms with Gasteiger partial charge >= 0.3 is 0 Å². The molecular weight excluding hydrogens is 360 g/mol. The molecule has 0 aliphatic carbocycles. The highest BCUT2D eigenvalue weighted by atomic mass is 16.7. The molecule has 0 bridgehead atoms. The van der Waals surface area contributed by atoms with Gasteiger partial charge in [0.2, 0.25) is 0 Å². The van der Waals surface area contributed by atoms with E-state index in [1.54, 1.807) is 0 Å². The Morgan fingerprint density at radius 2 is 1.26 bits per heavy atom. The first-order valence-electron chi connectivity index (χ1n) is 9.86. The third-order valence-corrected chi connectivity index (χ3v) is 5.02. The van der Waals surface area contributed by atoms with Crippen LogP contribution < -0.4 is 0 Å². The van der Waals surface area contributed by atoms with Crippen molar-refractivity contribution in [1.82, 2.24) is 0 Å². The van der Waals surface area contributed by atoms with Gasteiger partial charge in [-0.3, -0.25) is 0 Å². The molecule has 0 aromatic carbocycles. The fraction of sp³-hybridized carbons (Fsp3) is 1.00. The highest BCUT2D eigenvalue weighted by molar-refractivity contribution is 4.89. The van der Waals surface area contributed by atoms with Gasteiger partial charge < -0.3 is 44.5 Å². The lowest BCUT2D eigenvalue weighted by Gasteiger charge is -2.20. The van der Waals surface area contributed by atoms with E-state index in [9.17, 15) is 20.4 Å². The second kappa shape index (κ2) is 11.6. The van der Waals surface area contributed by atoms with E-state index in [0.29, 0.717) is 6.61 Å². The Balaban J connectivity index is 1.67. The van der Waals surface area contributed by atoms with Crippen molar-refractivity contribution in [2.45, 2.75) is 94.7 Å². The molecule has 2 fully saturated rings. The largest absolute Gasteiger partial charge is 0.394 e. The summed E-state index contributed by atoms with van der Waals surface area (Å²) < 4.78 is 21.6. The summed E-state index contributed by atoms with van der Waals surface area (Å²) in [6, 6.07) is 0. The quantitative estimate of drug-likeness (QED) is 0.271. The second-order valence-electron chi connectivity index (χ2n) is 7.20. The average molecular weight is 394 g/mol. The maximum atomic E-state index is 10.1. The van der Waals surface area contributed by atoms with Gasteiger partial charge in [0.25, 0.3) is 0 Å². The maximum absolute atomic E-state index is 10.1. The Labute approximate surface area is 159 Å². The van der Waals surface area contributed by atoms with E-state index in [2.05, 4.69) is 6.92 Å². The fourth-order valence-corrected chi connectivity index (χ4v) is 3.26. The standard InChI is InChI=1S/C18H34O9/c1-2-3-4-5-6-7-8-24-17-16(23)14(21)12(27-17)10-25-18-15(22)13(20)11(9-19)26-18/h11-23H,2-10H2,1H3/t11-,12-,13-,14-,15+,16+,17+,18+/m1/s1. The molecular formula is C18H34O9. The van der Waals surface area contributed by atoms with Gasteiger partial charge in [-0.2, -0.15) is 0 Å². The van der Waals surface area contributed by atoms with E-state index in [1.165, 1.54) is 19.3 Å². The van der Waals surface area contributed by atoms with Crippen molar-refractivity contribution in [2.24, 2.45) is 0 Å². The minimum atomic E-state index is -1.31. The van der Waals surface area contributed by atoms with Crippen LogP contribution >= 0.6 is 0 Å². The van der Waals surface area contributed by atoms with E-state index in [1.807, 2.05) is 0 Å².